The zero-order valence-corrected chi connectivity index (χ0v) is 16.9. The highest BCUT2D eigenvalue weighted by Gasteiger charge is 2.15. The molecule has 3 unspecified atom stereocenters. The minimum absolute atomic E-state index is 0. The van der Waals surface area contributed by atoms with Crippen LogP contribution in [0.4, 0.5) is 0 Å². The Bertz CT molecular complexity index is 292. The van der Waals surface area contributed by atoms with Crippen LogP contribution in [0, 0.1) is 0 Å². The van der Waals surface area contributed by atoms with E-state index in [0.717, 1.165) is 0 Å². The predicted octanol–water partition coefficient (Wildman–Crippen LogP) is 7.23. The molecular formula is C30H86O9. The molecule has 0 amide bonds. The largest absolute Gasteiger partial charge is 0.394 e. The molecule has 0 aromatic heterocycles. The molecule has 0 bridgehead atoms. The molecule has 0 saturated carbocycles. The Hall–Kier alpha value is -0.360. The van der Waals surface area contributed by atoms with Crippen molar-refractivity contribution < 1.29 is 43.7 Å². The fourth-order valence-corrected chi connectivity index (χ4v) is 2.05. The predicted molar refractivity (Wildman–Crippen MR) is 180 cm³/mol. The third-order valence-electron chi connectivity index (χ3n) is 3.36. The third-order valence-corrected chi connectivity index (χ3v) is 3.36. The Balaban J connectivity index is -0.0000000512. The van der Waals surface area contributed by atoms with E-state index in [1.807, 2.05) is 20.8 Å². The lowest BCUT2D eigenvalue weighted by Gasteiger charge is -2.22. The van der Waals surface area contributed by atoms with Crippen LogP contribution in [0.3, 0.4) is 0 Å². The first-order chi connectivity index (χ1) is 13.0. The van der Waals surface area contributed by atoms with Crippen molar-refractivity contribution in [2.45, 2.75) is 134 Å². The molecule has 0 aliphatic heterocycles. The molecule has 0 aliphatic rings. The van der Waals surface area contributed by atoms with Gasteiger partial charge < -0.3 is 43.7 Å². The second kappa shape index (κ2) is 61.6. The Labute approximate surface area is 250 Å². The number of hydrogen-bond donors (Lipinski definition) is 3. The number of hydrogen-bond acceptors (Lipinski definition) is 9. The van der Waals surface area contributed by atoms with E-state index in [9.17, 15) is 0 Å². The summed E-state index contributed by atoms with van der Waals surface area (Å²) < 4.78 is 33.1. The molecule has 3 atom stereocenters. The van der Waals surface area contributed by atoms with Crippen molar-refractivity contribution in [1.82, 2.24) is 0 Å². The summed E-state index contributed by atoms with van der Waals surface area (Å²) in [5, 5.41) is 26.3. The van der Waals surface area contributed by atoms with Gasteiger partial charge in [0.05, 0.1) is 91.0 Å². The van der Waals surface area contributed by atoms with Crippen LogP contribution in [0.25, 0.3) is 0 Å². The first kappa shape index (κ1) is 83.3. The first-order valence-electron chi connectivity index (χ1n) is 9.47. The molecular weight excluding hydrogens is 504 g/mol. The maximum absolute atomic E-state index is 8.79. The Morgan fingerprint density at radius 3 is 0.897 bits per heavy atom. The lowest BCUT2D eigenvalue weighted by molar-refractivity contribution is -0.110. The topological polar surface area (TPSA) is 116 Å². The second-order valence-corrected chi connectivity index (χ2v) is 6.25. The van der Waals surface area contributed by atoms with Crippen LogP contribution >= 0.6 is 0 Å². The second-order valence-electron chi connectivity index (χ2n) is 6.25. The molecule has 260 valence electrons. The summed E-state index contributed by atoms with van der Waals surface area (Å²) in [7, 11) is 0. The van der Waals surface area contributed by atoms with Crippen LogP contribution in [0.15, 0.2) is 0 Å². The van der Waals surface area contributed by atoms with E-state index in [-0.39, 0.29) is 153 Å². The quantitative estimate of drug-likeness (QED) is 0.135. The van der Waals surface area contributed by atoms with Gasteiger partial charge in [0.1, 0.15) is 6.10 Å². The molecule has 0 rings (SSSR count). The fraction of sp³-hybridized carbons (Fsp3) is 1.00. The van der Waals surface area contributed by atoms with Crippen LogP contribution in [0.2, 0.25) is 0 Å². The Kier molecular flexibility index (Phi) is 132. The summed E-state index contributed by atoms with van der Waals surface area (Å²) in [5.41, 5.74) is 0. The van der Waals surface area contributed by atoms with Gasteiger partial charge in [-0.3, -0.25) is 0 Å². The normalized spacial score (nSPS) is 11.2. The van der Waals surface area contributed by atoms with Gasteiger partial charge in [0, 0.05) is 0 Å². The fourth-order valence-electron chi connectivity index (χ4n) is 2.05. The highest BCUT2D eigenvalue weighted by atomic mass is 16.6. The average Bonchev–Trinajstić information content (AvgIpc) is 2.66. The van der Waals surface area contributed by atoms with Crippen LogP contribution in [0.1, 0.15) is 110 Å². The summed E-state index contributed by atoms with van der Waals surface area (Å²) in [6.07, 6.45) is -0.701. The van der Waals surface area contributed by atoms with Gasteiger partial charge in [0.25, 0.3) is 0 Å². The molecule has 0 fully saturated rings. The number of rotatable bonds is 20. The van der Waals surface area contributed by atoms with Gasteiger partial charge in [0.2, 0.25) is 0 Å². The standard InChI is InChI=1S/C18H38O9.12CH4/c1-15(24-7-4-19)10-22-13-18(27-12-17(3)26-9-6-21)14-23-11-16(2)25-8-5-20;;;;;;;;;;;;/h15-21H,4-14H2,1-3H3;12*1H4. The summed E-state index contributed by atoms with van der Waals surface area (Å²) in [6, 6.07) is 0. The molecule has 0 spiro atoms. The van der Waals surface area contributed by atoms with Crippen LogP contribution in [0.5, 0.6) is 0 Å². The summed E-state index contributed by atoms with van der Waals surface area (Å²) in [5.74, 6) is 0. The highest BCUT2D eigenvalue weighted by Crippen LogP contribution is 2.03. The zero-order chi connectivity index (χ0) is 20.3. The molecule has 3 N–H and O–H groups in total. The van der Waals surface area contributed by atoms with Crippen LogP contribution in [-0.4, -0.2) is 112 Å². The van der Waals surface area contributed by atoms with E-state index in [0.29, 0.717) is 33.0 Å². The summed E-state index contributed by atoms with van der Waals surface area (Å²) in [6.45, 7) is 8.11. The van der Waals surface area contributed by atoms with Crippen molar-refractivity contribution in [2.24, 2.45) is 0 Å². The van der Waals surface area contributed by atoms with Crippen molar-refractivity contribution in [1.29, 1.82) is 0 Å². The molecule has 0 aliphatic carbocycles. The van der Waals surface area contributed by atoms with Crippen LogP contribution < -0.4 is 0 Å². The molecule has 9 nitrogen and oxygen atoms in total. The minimum Gasteiger partial charge on any atom is -0.394 e. The molecule has 9 heteroatoms. The lowest BCUT2D eigenvalue weighted by Crippen LogP contribution is -2.32. The first-order valence-corrected chi connectivity index (χ1v) is 9.47. The van der Waals surface area contributed by atoms with E-state index in [1.54, 1.807) is 0 Å². The maximum atomic E-state index is 8.79. The van der Waals surface area contributed by atoms with Crippen molar-refractivity contribution >= 4 is 0 Å². The molecule has 39 heavy (non-hydrogen) atoms. The summed E-state index contributed by atoms with van der Waals surface area (Å²) in [4.78, 5) is 0. The molecule has 0 radical (unpaired) electrons. The summed E-state index contributed by atoms with van der Waals surface area (Å²) >= 11 is 0. The van der Waals surface area contributed by atoms with Gasteiger partial charge >= 0.3 is 0 Å². The molecule has 0 heterocycles. The molecule has 0 aromatic carbocycles. The smallest absolute Gasteiger partial charge is 0.104 e. The maximum Gasteiger partial charge on any atom is 0.104 e. The lowest BCUT2D eigenvalue weighted by atomic mass is 10.3. The number of aliphatic hydroxyl groups excluding tert-OH is 3. The van der Waals surface area contributed by atoms with Gasteiger partial charge in [-0.2, -0.15) is 0 Å². The van der Waals surface area contributed by atoms with E-state index in [1.165, 1.54) is 0 Å². The third kappa shape index (κ3) is 58.3. The highest BCUT2D eigenvalue weighted by molar-refractivity contribution is 4.60. The van der Waals surface area contributed by atoms with Gasteiger partial charge in [0.15, 0.2) is 0 Å². The van der Waals surface area contributed by atoms with E-state index >= 15 is 0 Å². The zero-order valence-electron chi connectivity index (χ0n) is 16.9. The van der Waals surface area contributed by atoms with Crippen molar-refractivity contribution in [3.05, 3.63) is 0 Å². The number of aliphatic hydroxyl groups is 3. The minimum atomic E-state index is -0.291. The van der Waals surface area contributed by atoms with Crippen LogP contribution in [-0.2, 0) is 28.4 Å². The monoisotopic (exact) mass is 591 g/mol. The number of ether oxygens (including phenoxy) is 6. The van der Waals surface area contributed by atoms with E-state index in [4.69, 9.17) is 43.7 Å². The molecule has 0 aromatic rings. The Morgan fingerprint density at radius 2 is 0.641 bits per heavy atom. The van der Waals surface area contributed by atoms with Crippen molar-refractivity contribution in [3.8, 4) is 0 Å². The molecule has 0 saturated heterocycles. The Morgan fingerprint density at radius 1 is 0.385 bits per heavy atom. The van der Waals surface area contributed by atoms with Gasteiger partial charge in [-0.25, -0.2) is 0 Å². The average molecular weight is 591 g/mol. The van der Waals surface area contributed by atoms with Gasteiger partial charge in [-0.1, -0.05) is 89.1 Å². The van der Waals surface area contributed by atoms with Crippen molar-refractivity contribution in [3.63, 3.8) is 0 Å². The van der Waals surface area contributed by atoms with Crippen molar-refractivity contribution in [2.75, 3.05) is 72.7 Å². The van der Waals surface area contributed by atoms with Gasteiger partial charge in [-0.15, -0.1) is 0 Å². The SMILES string of the molecule is C.C.C.C.C.C.C.C.C.C.C.C.CC(COCC(COCC(C)OCCO)OCC(C)OCCO)OCCO. The van der Waals surface area contributed by atoms with E-state index < -0.39 is 0 Å². The van der Waals surface area contributed by atoms with Gasteiger partial charge in [-0.05, 0) is 20.8 Å². The van der Waals surface area contributed by atoms with E-state index in [2.05, 4.69) is 0 Å².